The van der Waals surface area contributed by atoms with E-state index in [4.69, 9.17) is 4.74 Å². The first-order valence-corrected chi connectivity index (χ1v) is 10.2. The molecule has 0 aromatic heterocycles. The monoisotopic (exact) mass is 404 g/mol. The number of carbonyl (C=O) groups is 2. The van der Waals surface area contributed by atoms with Crippen molar-refractivity contribution in [1.29, 1.82) is 0 Å². The molecule has 4 aromatic rings. The Balaban J connectivity index is 1.67. The summed E-state index contributed by atoms with van der Waals surface area (Å²) in [6, 6.07) is 26.0. The van der Waals surface area contributed by atoms with Crippen molar-refractivity contribution in [3.05, 3.63) is 125 Å². The fraction of sp³-hybridized carbons (Fsp3) is 0.0714. The molecule has 3 heteroatoms. The van der Waals surface area contributed by atoms with Crippen LogP contribution in [0.15, 0.2) is 91.5 Å². The number of carbonyl (C=O) groups excluding carboxylic acids is 2. The number of ether oxygens (including phenoxy) is 1. The maximum atomic E-state index is 13.5. The van der Waals surface area contributed by atoms with Crippen molar-refractivity contribution in [2.45, 2.75) is 12.5 Å². The molecular formula is C28H20O3. The first-order chi connectivity index (χ1) is 15.0. The van der Waals surface area contributed by atoms with Crippen LogP contribution in [0, 0.1) is 0 Å². The molecule has 0 heterocycles. The third-order valence-corrected chi connectivity index (χ3v) is 6.06. The number of hydrogen-bond acceptors (Lipinski definition) is 3. The molecule has 0 bridgehead atoms. The van der Waals surface area contributed by atoms with Crippen LogP contribution in [0.3, 0.4) is 0 Å². The van der Waals surface area contributed by atoms with Crippen LogP contribution in [0.2, 0.25) is 0 Å². The van der Waals surface area contributed by atoms with E-state index in [9.17, 15) is 9.59 Å². The molecule has 0 amide bonds. The minimum absolute atomic E-state index is 0.0551. The molecule has 0 N–H and O–H groups in total. The molecule has 1 aliphatic carbocycles. The Labute approximate surface area is 180 Å². The maximum absolute atomic E-state index is 13.5. The van der Waals surface area contributed by atoms with Crippen LogP contribution >= 0.6 is 0 Å². The zero-order chi connectivity index (χ0) is 21.6. The number of ketones is 1. The molecular weight excluding hydrogens is 384 g/mol. The van der Waals surface area contributed by atoms with Gasteiger partial charge < -0.3 is 4.74 Å². The first kappa shape index (κ1) is 19.0. The molecule has 3 nitrogen and oxygen atoms in total. The summed E-state index contributed by atoms with van der Waals surface area (Å²) in [4.78, 5) is 26.5. The highest BCUT2D eigenvalue weighted by Crippen LogP contribution is 2.43. The van der Waals surface area contributed by atoms with Crippen LogP contribution in [-0.4, -0.2) is 11.8 Å². The van der Waals surface area contributed by atoms with Crippen molar-refractivity contribution in [2.24, 2.45) is 0 Å². The van der Waals surface area contributed by atoms with Gasteiger partial charge in [0.15, 0.2) is 11.4 Å². The predicted molar refractivity (Wildman–Crippen MR) is 122 cm³/mol. The van der Waals surface area contributed by atoms with Crippen LogP contribution < -0.4 is 0 Å². The molecule has 1 aliphatic rings. The highest BCUT2D eigenvalue weighted by Gasteiger charge is 2.43. The van der Waals surface area contributed by atoms with Gasteiger partial charge in [-0.2, -0.15) is 0 Å². The molecule has 0 atom stereocenters. The third kappa shape index (κ3) is 2.82. The second kappa shape index (κ2) is 7.06. The first-order valence-electron chi connectivity index (χ1n) is 10.2. The van der Waals surface area contributed by atoms with E-state index in [0.717, 1.165) is 16.3 Å². The van der Waals surface area contributed by atoms with E-state index in [1.807, 2.05) is 73.7 Å². The number of esters is 1. The topological polar surface area (TPSA) is 43.4 Å². The summed E-state index contributed by atoms with van der Waals surface area (Å²) in [6.07, 6.45) is 1.78. The second-order valence-corrected chi connectivity index (χ2v) is 7.80. The Bertz CT molecular complexity index is 1330. The van der Waals surface area contributed by atoms with Crippen LogP contribution in [-0.2, 0) is 10.3 Å². The summed E-state index contributed by atoms with van der Waals surface area (Å²) < 4.78 is 6.23. The van der Waals surface area contributed by atoms with Crippen LogP contribution in [0.1, 0.15) is 49.9 Å². The number of benzene rings is 4. The zero-order valence-electron chi connectivity index (χ0n) is 17.1. The summed E-state index contributed by atoms with van der Waals surface area (Å²) in [6.45, 7) is 5.73. The molecule has 31 heavy (non-hydrogen) atoms. The van der Waals surface area contributed by atoms with E-state index in [1.165, 1.54) is 0 Å². The van der Waals surface area contributed by atoms with E-state index in [-0.39, 0.29) is 5.78 Å². The van der Waals surface area contributed by atoms with Crippen molar-refractivity contribution in [3.8, 4) is 0 Å². The highest BCUT2D eigenvalue weighted by molar-refractivity contribution is 6.13. The van der Waals surface area contributed by atoms with Crippen molar-refractivity contribution in [3.63, 3.8) is 0 Å². The van der Waals surface area contributed by atoms with Crippen LogP contribution in [0.25, 0.3) is 16.8 Å². The predicted octanol–water partition coefficient (Wildman–Crippen LogP) is 6.15. The second-order valence-electron chi connectivity index (χ2n) is 7.80. The van der Waals surface area contributed by atoms with Gasteiger partial charge >= 0.3 is 5.97 Å². The fourth-order valence-corrected chi connectivity index (χ4v) is 4.53. The summed E-state index contributed by atoms with van der Waals surface area (Å²) >= 11 is 0. The molecule has 4 aromatic carbocycles. The summed E-state index contributed by atoms with van der Waals surface area (Å²) in [5.74, 6) is -0.492. The molecule has 0 saturated carbocycles. The normalized spacial score (nSPS) is 13.9. The summed E-state index contributed by atoms with van der Waals surface area (Å²) in [7, 11) is 0. The lowest BCUT2D eigenvalue weighted by molar-refractivity contribution is 0.00502. The fourth-order valence-electron chi connectivity index (χ4n) is 4.53. The smallest absolute Gasteiger partial charge is 0.339 e. The van der Waals surface area contributed by atoms with Crippen molar-refractivity contribution >= 4 is 28.6 Å². The Morgan fingerprint density at radius 1 is 0.806 bits per heavy atom. The lowest BCUT2D eigenvalue weighted by Crippen LogP contribution is -2.37. The average Bonchev–Trinajstić information content (AvgIpc) is 2.82. The molecule has 0 fully saturated rings. The van der Waals surface area contributed by atoms with E-state index in [1.54, 1.807) is 24.3 Å². The lowest BCUT2D eigenvalue weighted by atomic mass is 9.75. The average molecular weight is 404 g/mol. The van der Waals surface area contributed by atoms with Gasteiger partial charge in [0.05, 0.1) is 5.56 Å². The summed E-state index contributed by atoms with van der Waals surface area (Å²) in [5, 5.41) is 1.75. The Kier molecular flexibility index (Phi) is 4.33. The van der Waals surface area contributed by atoms with Crippen molar-refractivity contribution in [2.75, 3.05) is 0 Å². The molecule has 0 aliphatic heterocycles. The van der Waals surface area contributed by atoms with Crippen LogP contribution in [0.5, 0.6) is 0 Å². The van der Waals surface area contributed by atoms with E-state index >= 15 is 0 Å². The largest absolute Gasteiger partial charge is 0.446 e. The Morgan fingerprint density at radius 2 is 1.39 bits per heavy atom. The summed E-state index contributed by atoms with van der Waals surface area (Å²) in [5.41, 5.74) is 2.85. The molecule has 150 valence electrons. The molecule has 0 saturated heterocycles. The lowest BCUT2D eigenvalue weighted by Gasteiger charge is -2.36. The SMILES string of the molecule is C=Cc1cccc2c(C(=O)OC3(C)c4ccccc4C(=O)c4ccccc43)cccc12. The Hall–Kier alpha value is -3.98. The van der Waals surface area contributed by atoms with E-state index in [2.05, 4.69) is 6.58 Å². The number of rotatable bonds is 3. The van der Waals surface area contributed by atoms with Gasteiger partial charge in [-0.3, -0.25) is 4.79 Å². The number of hydrogen-bond donors (Lipinski definition) is 0. The van der Waals surface area contributed by atoms with E-state index < -0.39 is 11.6 Å². The van der Waals surface area contributed by atoms with Gasteiger partial charge in [0.1, 0.15) is 0 Å². The van der Waals surface area contributed by atoms with Crippen molar-refractivity contribution < 1.29 is 14.3 Å². The molecule has 0 unspecified atom stereocenters. The highest BCUT2D eigenvalue weighted by atomic mass is 16.6. The van der Waals surface area contributed by atoms with Crippen molar-refractivity contribution in [1.82, 2.24) is 0 Å². The molecule has 5 rings (SSSR count). The quantitative estimate of drug-likeness (QED) is 0.385. The third-order valence-electron chi connectivity index (χ3n) is 6.06. The van der Waals surface area contributed by atoms with Gasteiger partial charge in [0.25, 0.3) is 0 Å². The van der Waals surface area contributed by atoms with Gasteiger partial charge in [0.2, 0.25) is 0 Å². The van der Waals surface area contributed by atoms with E-state index in [0.29, 0.717) is 27.8 Å². The molecule has 0 radical (unpaired) electrons. The minimum Gasteiger partial charge on any atom is -0.446 e. The maximum Gasteiger partial charge on any atom is 0.339 e. The van der Waals surface area contributed by atoms with Gasteiger partial charge in [-0.15, -0.1) is 0 Å². The standard InChI is InChI=1S/C28H20O3/c1-3-18-10-8-14-20-19(18)13-9-15-21(20)27(30)31-28(2)24-16-6-4-11-22(24)26(29)23-12-5-7-17-25(23)28/h3-17H,1H2,2H3. The zero-order valence-corrected chi connectivity index (χ0v) is 17.1. The Morgan fingerprint density at radius 3 is 2.03 bits per heavy atom. The minimum atomic E-state index is -1.09. The van der Waals surface area contributed by atoms with Gasteiger partial charge in [-0.05, 0) is 29.3 Å². The van der Waals surface area contributed by atoms with Gasteiger partial charge in [-0.1, -0.05) is 91.5 Å². The molecule has 0 spiro atoms. The number of fused-ring (bicyclic) bond motifs is 3. The van der Waals surface area contributed by atoms with Gasteiger partial charge in [-0.25, -0.2) is 4.79 Å². The van der Waals surface area contributed by atoms with Gasteiger partial charge in [0, 0.05) is 22.3 Å². The van der Waals surface area contributed by atoms with Crippen LogP contribution in [0.4, 0.5) is 0 Å².